The number of carbonyl (C=O) groups is 1. The Balaban J connectivity index is 1.63. The van der Waals surface area contributed by atoms with E-state index in [4.69, 9.17) is 0 Å². The number of piperidine rings is 1. The minimum atomic E-state index is -3.52. The van der Waals surface area contributed by atoms with Crippen molar-refractivity contribution in [2.24, 2.45) is 5.92 Å². The van der Waals surface area contributed by atoms with Gasteiger partial charge in [-0.05, 0) is 73.6 Å². The molecule has 0 saturated carbocycles. The van der Waals surface area contributed by atoms with Crippen molar-refractivity contribution >= 4 is 21.6 Å². The van der Waals surface area contributed by atoms with E-state index in [1.807, 2.05) is 38.1 Å². The Morgan fingerprint density at radius 3 is 2.34 bits per heavy atom. The van der Waals surface area contributed by atoms with Crippen molar-refractivity contribution < 1.29 is 13.2 Å². The summed E-state index contributed by atoms with van der Waals surface area (Å²) in [6.07, 6.45) is 1.06. The molecule has 1 fully saturated rings. The van der Waals surface area contributed by atoms with E-state index in [9.17, 15) is 13.2 Å². The van der Waals surface area contributed by atoms with E-state index in [-0.39, 0.29) is 11.8 Å². The zero-order chi connectivity index (χ0) is 21.2. The monoisotopic (exact) mass is 414 g/mol. The molecule has 2 aromatic rings. The average molecular weight is 415 g/mol. The molecule has 29 heavy (non-hydrogen) atoms. The van der Waals surface area contributed by atoms with E-state index in [1.54, 1.807) is 12.1 Å². The van der Waals surface area contributed by atoms with Crippen LogP contribution in [0.2, 0.25) is 0 Å². The van der Waals surface area contributed by atoms with Gasteiger partial charge in [0.1, 0.15) is 0 Å². The summed E-state index contributed by atoms with van der Waals surface area (Å²) in [5, 5.41) is 3.00. The highest BCUT2D eigenvalue weighted by Crippen LogP contribution is 2.26. The van der Waals surface area contributed by atoms with Gasteiger partial charge in [-0.15, -0.1) is 0 Å². The van der Waals surface area contributed by atoms with Crippen LogP contribution in [0.5, 0.6) is 0 Å². The number of nitrogens with zero attached hydrogens (tertiary/aromatic N) is 1. The van der Waals surface area contributed by atoms with Crippen molar-refractivity contribution in [3.05, 3.63) is 59.2 Å². The van der Waals surface area contributed by atoms with E-state index in [2.05, 4.69) is 25.2 Å². The van der Waals surface area contributed by atoms with E-state index in [1.165, 1.54) is 9.87 Å². The van der Waals surface area contributed by atoms with Gasteiger partial charge in [-0.25, -0.2) is 8.42 Å². The number of sulfonamides is 1. The van der Waals surface area contributed by atoms with Crippen LogP contribution in [0.4, 0.5) is 5.69 Å². The molecule has 1 aliphatic heterocycles. The first kappa shape index (κ1) is 21.5. The van der Waals surface area contributed by atoms with Crippen molar-refractivity contribution in [2.45, 2.75) is 51.3 Å². The molecule has 5 nitrogen and oxygen atoms in total. The second-order valence-corrected chi connectivity index (χ2v) is 10.1. The maximum absolute atomic E-state index is 12.9. The predicted molar refractivity (Wildman–Crippen MR) is 117 cm³/mol. The van der Waals surface area contributed by atoms with Crippen LogP contribution in [0.1, 0.15) is 49.3 Å². The highest BCUT2D eigenvalue weighted by Gasteiger charge is 2.32. The van der Waals surface area contributed by atoms with E-state index < -0.39 is 10.0 Å². The second-order valence-electron chi connectivity index (χ2n) is 8.19. The number of anilines is 1. The minimum Gasteiger partial charge on any atom is -0.326 e. The number of amides is 1. The molecule has 0 aliphatic carbocycles. The van der Waals surface area contributed by atoms with Gasteiger partial charge in [-0.1, -0.05) is 32.0 Å². The molecule has 1 saturated heterocycles. The number of benzene rings is 2. The van der Waals surface area contributed by atoms with Gasteiger partial charge in [-0.2, -0.15) is 4.31 Å². The molecule has 6 heteroatoms. The summed E-state index contributed by atoms with van der Waals surface area (Å²) in [7, 11) is -3.52. The lowest BCUT2D eigenvalue weighted by atomic mass is 9.97. The van der Waals surface area contributed by atoms with Crippen LogP contribution in [0.25, 0.3) is 0 Å². The molecule has 1 aliphatic rings. The molecule has 156 valence electrons. The van der Waals surface area contributed by atoms with Crippen LogP contribution in [-0.2, 0) is 14.8 Å². The molecule has 0 aromatic heterocycles. The molecule has 1 heterocycles. The molecule has 2 aromatic carbocycles. The molecular formula is C23H30N2O3S. The smallest absolute Gasteiger partial charge is 0.243 e. The van der Waals surface area contributed by atoms with Crippen LogP contribution >= 0.6 is 0 Å². The topological polar surface area (TPSA) is 66.5 Å². The zero-order valence-corrected chi connectivity index (χ0v) is 18.4. The Kier molecular flexibility index (Phi) is 6.44. The van der Waals surface area contributed by atoms with Crippen LogP contribution in [-0.4, -0.2) is 31.7 Å². The third-order valence-corrected chi connectivity index (χ3v) is 7.66. The normalized spacial score (nSPS) is 16.2. The molecule has 1 N–H and O–H groups in total. The molecule has 0 atom stereocenters. The van der Waals surface area contributed by atoms with Gasteiger partial charge in [0.05, 0.1) is 4.90 Å². The standard InChI is InChI=1S/C23H30N2O3S/c1-16(2)20-6-5-7-21(15-20)24-23(26)19-10-12-25(13-11-19)29(27,28)22-9-8-17(3)18(4)14-22/h5-9,14-16,19H,10-13H2,1-4H3,(H,24,26). The van der Waals surface area contributed by atoms with Crippen LogP contribution in [0, 0.1) is 19.8 Å². The Labute approximate surface area is 174 Å². The number of nitrogens with one attached hydrogen (secondary N) is 1. The zero-order valence-electron chi connectivity index (χ0n) is 17.6. The molecule has 3 rings (SSSR count). The van der Waals surface area contributed by atoms with Crippen molar-refractivity contribution in [2.75, 3.05) is 18.4 Å². The summed E-state index contributed by atoms with van der Waals surface area (Å²) < 4.78 is 27.4. The summed E-state index contributed by atoms with van der Waals surface area (Å²) in [5.74, 6) is 0.184. The fourth-order valence-corrected chi connectivity index (χ4v) is 5.16. The number of carbonyl (C=O) groups excluding carboxylic acids is 1. The van der Waals surface area contributed by atoms with E-state index in [0.29, 0.717) is 36.7 Å². The summed E-state index contributed by atoms with van der Waals surface area (Å²) >= 11 is 0. The van der Waals surface area contributed by atoms with Crippen LogP contribution in [0.15, 0.2) is 47.4 Å². The number of aryl methyl sites for hydroxylation is 2. The molecule has 0 spiro atoms. The van der Waals surface area contributed by atoms with Gasteiger partial charge in [0.2, 0.25) is 15.9 Å². The Bertz CT molecular complexity index is 991. The van der Waals surface area contributed by atoms with Crippen molar-refractivity contribution in [1.82, 2.24) is 4.31 Å². The highest BCUT2D eigenvalue weighted by molar-refractivity contribution is 7.89. The predicted octanol–water partition coefficient (Wildman–Crippen LogP) is 4.47. The summed E-state index contributed by atoms with van der Waals surface area (Å²) in [5.41, 5.74) is 4.01. The molecule has 0 bridgehead atoms. The number of hydrogen-bond acceptors (Lipinski definition) is 3. The first-order valence-corrected chi connectivity index (χ1v) is 11.6. The molecule has 1 amide bonds. The van der Waals surface area contributed by atoms with Crippen molar-refractivity contribution in [3.8, 4) is 0 Å². The first-order chi connectivity index (χ1) is 13.7. The maximum atomic E-state index is 12.9. The molecule has 0 radical (unpaired) electrons. The fourth-order valence-electron chi connectivity index (χ4n) is 3.60. The Morgan fingerprint density at radius 2 is 1.72 bits per heavy atom. The average Bonchev–Trinajstić information content (AvgIpc) is 2.70. The summed E-state index contributed by atoms with van der Waals surface area (Å²) in [6, 6.07) is 13.1. The van der Waals surface area contributed by atoms with Crippen molar-refractivity contribution in [1.29, 1.82) is 0 Å². The maximum Gasteiger partial charge on any atom is 0.243 e. The molecular weight excluding hydrogens is 384 g/mol. The SMILES string of the molecule is Cc1ccc(S(=O)(=O)N2CCC(C(=O)Nc3cccc(C(C)C)c3)CC2)cc1C. The number of rotatable bonds is 5. The number of hydrogen-bond donors (Lipinski definition) is 1. The minimum absolute atomic E-state index is 0.0332. The van der Waals surface area contributed by atoms with Gasteiger partial charge in [0.25, 0.3) is 0 Å². The largest absolute Gasteiger partial charge is 0.326 e. The lowest BCUT2D eigenvalue weighted by molar-refractivity contribution is -0.120. The van der Waals surface area contributed by atoms with Gasteiger partial charge in [0, 0.05) is 24.7 Å². The van der Waals surface area contributed by atoms with Crippen LogP contribution < -0.4 is 5.32 Å². The Hall–Kier alpha value is -2.18. The van der Waals surface area contributed by atoms with Crippen LogP contribution in [0.3, 0.4) is 0 Å². The first-order valence-electron chi connectivity index (χ1n) is 10.2. The van der Waals surface area contributed by atoms with Crippen molar-refractivity contribution in [3.63, 3.8) is 0 Å². The second kappa shape index (κ2) is 8.67. The quantitative estimate of drug-likeness (QED) is 0.785. The van der Waals surface area contributed by atoms with Gasteiger partial charge in [-0.3, -0.25) is 4.79 Å². The summed E-state index contributed by atoms with van der Waals surface area (Å²) in [4.78, 5) is 13.0. The lowest BCUT2D eigenvalue weighted by Crippen LogP contribution is -2.41. The lowest BCUT2D eigenvalue weighted by Gasteiger charge is -2.30. The van der Waals surface area contributed by atoms with E-state index in [0.717, 1.165) is 16.8 Å². The van der Waals surface area contributed by atoms with E-state index >= 15 is 0 Å². The van der Waals surface area contributed by atoms with Gasteiger partial charge < -0.3 is 5.32 Å². The highest BCUT2D eigenvalue weighted by atomic mass is 32.2. The third-order valence-electron chi connectivity index (χ3n) is 5.76. The fraction of sp³-hybridized carbons (Fsp3) is 0.435. The summed E-state index contributed by atoms with van der Waals surface area (Å²) in [6.45, 7) is 8.84. The Morgan fingerprint density at radius 1 is 1.03 bits per heavy atom. The third kappa shape index (κ3) is 4.87. The molecule has 0 unspecified atom stereocenters. The van der Waals surface area contributed by atoms with Gasteiger partial charge in [0.15, 0.2) is 0 Å². The van der Waals surface area contributed by atoms with Gasteiger partial charge >= 0.3 is 0 Å².